The van der Waals surface area contributed by atoms with Crippen LogP contribution in [0.25, 0.3) is 17.2 Å². The van der Waals surface area contributed by atoms with Crippen molar-refractivity contribution in [1.29, 1.82) is 0 Å². The molecule has 0 saturated carbocycles. The van der Waals surface area contributed by atoms with Gasteiger partial charge in [0.1, 0.15) is 0 Å². The van der Waals surface area contributed by atoms with E-state index >= 15 is 0 Å². The standard InChI is InChI=1S/C18H13Cl2NO2S/c19-15-5-1-13(2-6-15)9-10-24(22,23)18-12-21-11-17(18)14-3-7-16(20)8-4-14/h1-12,21H/b10-9+. The Morgan fingerprint density at radius 2 is 1.42 bits per heavy atom. The largest absolute Gasteiger partial charge is 0.366 e. The van der Waals surface area contributed by atoms with Crippen LogP contribution in [0.4, 0.5) is 0 Å². The van der Waals surface area contributed by atoms with Gasteiger partial charge in [-0.05, 0) is 41.5 Å². The van der Waals surface area contributed by atoms with Gasteiger partial charge in [-0.25, -0.2) is 8.42 Å². The van der Waals surface area contributed by atoms with Crippen LogP contribution >= 0.6 is 23.2 Å². The lowest BCUT2D eigenvalue weighted by Crippen LogP contribution is -1.96. The van der Waals surface area contributed by atoms with Crippen LogP contribution in [0.3, 0.4) is 0 Å². The number of hydrogen-bond donors (Lipinski definition) is 1. The normalized spacial score (nSPS) is 11.9. The molecular formula is C18H13Cl2NO2S. The molecule has 1 N–H and O–H groups in total. The summed E-state index contributed by atoms with van der Waals surface area (Å²) in [5.74, 6) is 0. The van der Waals surface area contributed by atoms with Crippen molar-refractivity contribution >= 4 is 39.1 Å². The van der Waals surface area contributed by atoms with E-state index in [1.807, 2.05) is 0 Å². The summed E-state index contributed by atoms with van der Waals surface area (Å²) in [4.78, 5) is 3.08. The minimum atomic E-state index is -3.59. The first-order chi connectivity index (χ1) is 11.5. The molecular weight excluding hydrogens is 365 g/mol. The van der Waals surface area contributed by atoms with E-state index in [4.69, 9.17) is 23.2 Å². The van der Waals surface area contributed by atoms with Gasteiger partial charge >= 0.3 is 0 Å². The van der Waals surface area contributed by atoms with E-state index in [0.717, 1.165) is 11.1 Å². The van der Waals surface area contributed by atoms with Crippen LogP contribution in [-0.2, 0) is 9.84 Å². The van der Waals surface area contributed by atoms with Gasteiger partial charge < -0.3 is 4.98 Å². The molecule has 0 unspecified atom stereocenters. The highest BCUT2D eigenvalue weighted by molar-refractivity contribution is 7.94. The first kappa shape index (κ1) is 16.8. The third-order valence-electron chi connectivity index (χ3n) is 3.48. The molecule has 0 spiro atoms. The maximum absolute atomic E-state index is 12.6. The summed E-state index contributed by atoms with van der Waals surface area (Å²) in [6, 6.07) is 14.0. The fraction of sp³-hybridized carbons (Fsp3) is 0. The SMILES string of the molecule is O=S(=O)(/C=C/c1ccc(Cl)cc1)c1c[nH]cc1-c1ccc(Cl)cc1. The Labute approximate surface area is 150 Å². The molecule has 1 aromatic heterocycles. The van der Waals surface area contributed by atoms with Gasteiger partial charge in [-0.1, -0.05) is 47.5 Å². The molecule has 0 amide bonds. The first-order valence-electron chi connectivity index (χ1n) is 7.07. The molecule has 3 aromatic rings. The summed E-state index contributed by atoms with van der Waals surface area (Å²) in [7, 11) is -3.59. The number of nitrogens with one attached hydrogen (secondary N) is 1. The smallest absolute Gasteiger partial charge is 0.201 e. The van der Waals surface area contributed by atoms with Crippen LogP contribution in [0.2, 0.25) is 10.0 Å². The Morgan fingerprint density at radius 3 is 2.04 bits per heavy atom. The van der Waals surface area contributed by atoms with E-state index < -0.39 is 9.84 Å². The van der Waals surface area contributed by atoms with Crippen molar-refractivity contribution in [2.24, 2.45) is 0 Å². The summed E-state index contributed by atoms with van der Waals surface area (Å²) >= 11 is 11.7. The number of benzene rings is 2. The molecule has 0 bridgehead atoms. The van der Waals surface area contributed by atoms with Gasteiger partial charge in [0, 0.05) is 33.4 Å². The topological polar surface area (TPSA) is 49.9 Å². The first-order valence-corrected chi connectivity index (χ1v) is 9.37. The number of aromatic nitrogens is 1. The molecule has 0 fully saturated rings. The van der Waals surface area contributed by atoms with E-state index in [-0.39, 0.29) is 4.90 Å². The monoisotopic (exact) mass is 377 g/mol. The van der Waals surface area contributed by atoms with Crippen LogP contribution in [0.1, 0.15) is 5.56 Å². The van der Waals surface area contributed by atoms with E-state index in [1.54, 1.807) is 60.8 Å². The van der Waals surface area contributed by atoms with Gasteiger partial charge in [0.15, 0.2) is 0 Å². The zero-order chi connectivity index (χ0) is 17.2. The molecule has 0 saturated heterocycles. The van der Waals surface area contributed by atoms with Crippen LogP contribution in [0.15, 0.2) is 71.2 Å². The number of aromatic amines is 1. The van der Waals surface area contributed by atoms with Gasteiger partial charge in [-0.2, -0.15) is 0 Å². The molecule has 0 aliphatic heterocycles. The van der Waals surface area contributed by atoms with Crippen LogP contribution in [0.5, 0.6) is 0 Å². The van der Waals surface area contributed by atoms with Crippen molar-refractivity contribution in [3.63, 3.8) is 0 Å². The average Bonchev–Trinajstić information content (AvgIpc) is 3.06. The molecule has 3 rings (SSSR count). The van der Waals surface area contributed by atoms with E-state index in [1.165, 1.54) is 11.6 Å². The molecule has 24 heavy (non-hydrogen) atoms. The lowest BCUT2D eigenvalue weighted by molar-refractivity contribution is 0.605. The average molecular weight is 378 g/mol. The van der Waals surface area contributed by atoms with E-state index in [0.29, 0.717) is 15.6 Å². The molecule has 122 valence electrons. The Morgan fingerprint density at radius 1 is 0.833 bits per heavy atom. The molecule has 3 nitrogen and oxygen atoms in total. The van der Waals surface area contributed by atoms with E-state index in [2.05, 4.69) is 4.98 Å². The number of rotatable bonds is 4. The number of hydrogen-bond acceptors (Lipinski definition) is 2. The maximum atomic E-state index is 12.6. The highest BCUT2D eigenvalue weighted by atomic mass is 35.5. The quantitative estimate of drug-likeness (QED) is 0.658. The summed E-state index contributed by atoms with van der Waals surface area (Å²) < 4.78 is 25.3. The van der Waals surface area contributed by atoms with Crippen LogP contribution in [0, 0.1) is 0 Å². The zero-order valence-corrected chi connectivity index (χ0v) is 14.7. The van der Waals surface area contributed by atoms with Crippen molar-refractivity contribution in [1.82, 2.24) is 4.98 Å². The molecule has 0 atom stereocenters. The highest BCUT2D eigenvalue weighted by Crippen LogP contribution is 2.29. The summed E-state index contributed by atoms with van der Waals surface area (Å²) in [6.07, 6.45) is 4.68. The van der Waals surface area contributed by atoms with Crippen molar-refractivity contribution in [2.75, 3.05) is 0 Å². The van der Waals surface area contributed by atoms with Crippen molar-refractivity contribution in [2.45, 2.75) is 4.90 Å². The predicted molar refractivity (Wildman–Crippen MR) is 98.9 cm³/mol. The maximum Gasteiger partial charge on any atom is 0.201 e. The third kappa shape index (κ3) is 3.73. The zero-order valence-electron chi connectivity index (χ0n) is 12.4. The van der Waals surface area contributed by atoms with Gasteiger partial charge in [-0.15, -0.1) is 0 Å². The third-order valence-corrected chi connectivity index (χ3v) is 5.43. The molecule has 0 aliphatic rings. The molecule has 2 aromatic carbocycles. The Bertz CT molecular complexity index is 973. The molecule has 6 heteroatoms. The summed E-state index contributed by atoms with van der Waals surface area (Å²) in [6.45, 7) is 0. The number of sulfone groups is 1. The molecule has 1 heterocycles. The second kappa shape index (κ2) is 6.85. The predicted octanol–water partition coefficient (Wildman–Crippen LogP) is 5.43. The minimum Gasteiger partial charge on any atom is -0.366 e. The number of H-pyrrole nitrogens is 1. The fourth-order valence-corrected chi connectivity index (χ4v) is 3.71. The highest BCUT2D eigenvalue weighted by Gasteiger charge is 2.18. The van der Waals surface area contributed by atoms with Crippen molar-refractivity contribution in [3.8, 4) is 11.1 Å². The fourth-order valence-electron chi connectivity index (χ4n) is 2.26. The summed E-state index contributed by atoms with van der Waals surface area (Å²) in [5, 5.41) is 2.39. The molecule has 0 radical (unpaired) electrons. The van der Waals surface area contributed by atoms with Gasteiger partial charge in [0.05, 0.1) is 4.90 Å². The van der Waals surface area contributed by atoms with Crippen LogP contribution in [-0.4, -0.2) is 13.4 Å². The van der Waals surface area contributed by atoms with Gasteiger partial charge in [-0.3, -0.25) is 0 Å². The minimum absolute atomic E-state index is 0.218. The van der Waals surface area contributed by atoms with Crippen molar-refractivity contribution < 1.29 is 8.42 Å². The Hall–Kier alpha value is -2.01. The van der Waals surface area contributed by atoms with Crippen molar-refractivity contribution in [3.05, 3.63) is 81.9 Å². The Balaban J connectivity index is 1.95. The second-order valence-corrected chi connectivity index (χ2v) is 7.81. The summed E-state index contributed by atoms with van der Waals surface area (Å²) in [5.41, 5.74) is 2.14. The lowest BCUT2D eigenvalue weighted by Gasteiger charge is -2.03. The second-order valence-electron chi connectivity index (χ2n) is 5.14. The van der Waals surface area contributed by atoms with E-state index in [9.17, 15) is 8.42 Å². The van der Waals surface area contributed by atoms with Crippen LogP contribution < -0.4 is 0 Å². The molecule has 0 aliphatic carbocycles. The number of halogens is 2. The van der Waals surface area contributed by atoms with Gasteiger partial charge in [0.25, 0.3) is 0 Å². The Kier molecular flexibility index (Phi) is 4.81. The van der Waals surface area contributed by atoms with Gasteiger partial charge in [0.2, 0.25) is 9.84 Å². The lowest BCUT2D eigenvalue weighted by atomic mass is 10.1.